The molecular weight excluding hydrogens is 692 g/mol. The van der Waals surface area contributed by atoms with E-state index in [9.17, 15) is 29.1 Å². The first-order valence-electron chi connectivity index (χ1n) is 21.5. The van der Waals surface area contributed by atoms with E-state index in [0.29, 0.717) is 37.4 Å². The molecule has 11 nitrogen and oxygen atoms in total. The zero-order valence-corrected chi connectivity index (χ0v) is 33.7. The molecule has 0 radical (unpaired) electrons. The SMILES string of the molecule is CCCCCCCCOC(=O)CCCC(=O)OCC(CO)(COC(=O)CCCC(=O)OCCCCCCCC)COC(=O)CC12CC3CC(CC(C3)C1)C2. The van der Waals surface area contributed by atoms with Crippen LogP contribution in [0.1, 0.15) is 174 Å². The van der Waals surface area contributed by atoms with Crippen LogP contribution in [-0.4, -0.2) is 74.6 Å². The maximum atomic E-state index is 13.3. The fourth-order valence-corrected chi connectivity index (χ4v) is 9.01. The number of esters is 5. The predicted octanol–water partition coefficient (Wildman–Crippen LogP) is 8.35. The van der Waals surface area contributed by atoms with Gasteiger partial charge in [-0.1, -0.05) is 78.1 Å². The van der Waals surface area contributed by atoms with Gasteiger partial charge in [-0.2, -0.15) is 0 Å². The lowest BCUT2D eigenvalue weighted by atomic mass is 9.49. The van der Waals surface area contributed by atoms with Crippen LogP contribution in [0.3, 0.4) is 0 Å². The molecule has 4 fully saturated rings. The van der Waals surface area contributed by atoms with Crippen molar-refractivity contribution in [3.05, 3.63) is 0 Å². The highest BCUT2D eigenvalue weighted by atomic mass is 16.6. The van der Waals surface area contributed by atoms with E-state index in [-0.39, 0.29) is 81.7 Å². The highest BCUT2D eigenvalue weighted by Crippen LogP contribution is 2.61. The van der Waals surface area contributed by atoms with Crippen LogP contribution in [-0.2, 0) is 47.7 Å². The molecule has 0 unspecified atom stereocenters. The fraction of sp³-hybridized carbons (Fsp3) is 0.884. The zero-order valence-electron chi connectivity index (χ0n) is 33.7. The summed E-state index contributed by atoms with van der Waals surface area (Å²) >= 11 is 0. The summed E-state index contributed by atoms with van der Waals surface area (Å²) in [6.45, 7) is 3.55. The Morgan fingerprint density at radius 2 is 0.852 bits per heavy atom. The van der Waals surface area contributed by atoms with E-state index in [1.54, 1.807) is 0 Å². The third-order valence-electron chi connectivity index (χ3n) is 11.7. The lowest BCUT2D eigenvalue weighted by Gasteiger charge is -2.56. The Morgan fingerprint density at radius 3 is 1.24 bits per heavy atom. The molecule has 11 heteroatoms. The minimum atomic E-state index is -1.37. The van der Waals surface area contributed by atoms with Gasteiger partial charge in [-0.3, -0.25) is 24.0 Å². The molecule has 4 bridgehead atoms. The molecule has 4 saturated carbocycles. The number of carbonyl (C=O) groups excluding carboxylic acids is 5. The van der Waals surface area contributed by atoms with Gasteiger partial charge in [0, 0.05) is 25.7 Å². The number of hydrogen-bond donors (Lipinski definition) is 1. The van der Waals surface area contributed by atoms with Crippen LogP contribution in [0.5, 0.6) is 0 Å². The van der Waals surface area contributed by atoms with E-state index in [4.69, 9.17) is 23.7 Å². The molecular formula is C43H72O11. The molecule has 54 heavy (non-hydrogen) atoms. The van der Waals surface area contributed by atoms with Crippen LogP contribution >= 0.6 is 0 Å². The smallest absolute Gasteiger partial charge is 0.306 e. The van der Waals surface area contributed by atoms with E-state index >= 15 is 0 Å². The summed E-state index contributed by atoms with van der Waals surface area (Å²) in [6, 6.07) is 0. The van der Waals surface area contributed by atoms with Gasteiger partial charge in [0.1, 0.15) is 19.8 Å². The standard InChI is InChI=1S/C43H72O11/c1-3-5-7-9-11-13-21-50-37(45)17-15-19-39(47)52-31-43(30-44,32-53-40(48)20-16-18-38(46)51-22-14-12-10-8-6-4-2)33-54-41(49)29-42-26-34-23-35(27-42)25-36(24-34)28-42/h34-36,44H,3-33H2,1-2H3. The molecule has 0 atom stereocenters. The van der Waals surface area contributed by atoms with Crippen molar-refractivity contribution in [1.82, 2.24) is 0 Å². The first kappa shape index (κ1) is 45.7. The minimum Gasteiger partial charge on any atom is -0.466 e. The quantitative estimate of drug-likeness (QED) is 0.0412. The van der Waals surface area contributed by atoms with Crippen LogP contribution < -0.4 is 0 Å². The average Bonchev–Trinajstić information content (AvgIpc) is 3.13. The molecule has 0 heterocycles. The third kappa shape index (κ3) is 17.8. The molecule has 4 rings (SSSR count). The largest absolute Gasteiger partial charge is 0.466 e. The van der Waals surface area contributed by atoms with Crippen molar-refractivity contribution in [2.75, 3.05) is 39.6 Å². The summed E-state index contributed by atoms with van der Waals surface area (Å²) in [7, 11) is 0. The van der Waals surface area contributed by atoms with Crippen molar-refractivity contribution < 1.29 is 52.8 Å². The maximum absolute atomic E-state index is 13.3. The molecule has 1 N–H and O–H groups in total. The molecule has 0 aromatic heterocycles. The van der Waals surface area contributed by atoms with Crippen molar-refractivity contribution >= 4 is 29.8 Å². The van der Waals surface area contributed by atoms with Crippen molar-refractivity contribution in [2.45, 2.75) is 174 Å². The number of carbonyl (C=O) groups is 5. The Morgan fingerprint density at radius 1 is 0.500 bits per heavy atom. The lowest BCUT2D eigenvalue weighted by molar-refractivity contribution is -0.168. The molecule has 0 spiro atoms. The second kappa shape index (κ2) is 25.5. The Kier molecular flexibility index (Phi) is 21.5. The van der Waals surface area contributed by atoms with Crippen LogP contribution in [0.15, 0.2) is 0 Å². The van der Waals surface area contributed by atoms with Gasteiger partial charge in [0.25, 0.3) is 0 Å². The highest BCUT2D eigenvalue weighted by molar-refractivity contribution is 5.73. The van der Waals surface area contributed by atoms with Gasteiger partial charge in [0.05, 0.1) is 31.7 Å². The zero-order chi connectivity index (χ0) is 39.1. The number of hydrogen-bond acceptors (Lipinski definition) is 11. The molecule has 310 valence electrons. The van der Waals surface area contributed by atoms with E-state index in [0.717, 1.165) is 57.8 Å². The monoisotopic (exact) mass is 765 g/mol. The molecule has 0 aromatic carbocycles. The van der Waals surface area contributed by atoms with E-state index in [1.165, 1.54) is 57.8 Å². The number of unbranched alkanes of at least 4 members (excludes halogenated alkanes) is 10. The molecule has 0 amide bonds. The average molecular weight is 765 g/mol. The van der Waals surface area contributed by atoms with Gasteiger partial charge < -0.3 is 28.8 Å². The topological polar surface area (TPSA) is 152 Å². The van der Waals surface area contributed by atoms with Gasteiger partial charge in [0.2, 0.25) is 0 Å². The number of aliphatic hydroxyl groups is 1. The Hall–Kier alpha value is -2.69. The minimum absolute atomic E-state index is 0.0296. The van der Waals surface area contributed by atoms with Crippen molar-refractivity contribution in [1.29, 1.82) is 0 Å². The van der Waals surface area contributed by atoms with Crippen LogP contribution in [0.4, 0.5) is 0 Å². The molecule has 0 aromatic rings. The van der Waals surface area contributed by atoms with E-state index < -0.39 is 24.0 Å². The normalized spacial score (nSPS) is 21.4. The van der Waals surface area contributed by atoms with Crippen LogP contribution in [0, 0.1) is 28.6 Å². The second-order valence-corrected chi connectivity index (χ2v) is 16.9. The summed E-state index contributed by atoms with van der Waals surface area (Å²) in [5.74, 6) is -0.179. The van der Waals surface area contributed by atoms with Crippen molar-refractivity contribution in [3.63, 3.8) is 0 Å². The molecule has 4 aliphatic carbocycles. The van der Waals surface area contributed by atoms with Gasteiger partial charge >= 0.3 is 29.8 Å². The lowest BCUT2D eigenvalue weighted by Crippen LogP contribution is -2.47. The fourth-order valence-electron chi connectivity index (χ4n) is 9.01. The summed E-state index contributed by atoms with van der Waals surface area (Å²) in [4.78, 5) is 63.0. The summed E-state index contributed by atoms with van der Waals surface area (Å²) in [5, 5.41) is 10.5. The third-order valence-corrected chi connectivity index (χ3v) is 11.7. The maximum Gasteiger partial charge on any atom is 0.306 e. The van der Waals surface area contributed by atoms with Crippen molar-refractivity contribution in [2.24, 2.45) is 28.6 Å². The molecule has 4 aliphatic rings. The Labute approximate surface area is 324 Å². The van der Waals surface area contributed by atoms with Gasteiger partial charge in [-0.25, -0.2) is 0 Å². The second-order valence-electron chi connectivity index (χ2n) is 16.9. The van der Waals surface area contributed by atoms with Gasteiger partial charge in [-0.15, -0.1) is 0 Å². The van der Waals surface area contributed by atoms with Crippen molar-refractivity contribution in [3.8, 4) is 0 Å². The van der Waals surface area contributed by atoms with E-state index in [1.807, 2.05) is 0 Å². The molecule has 0 aliphatic heterocycles. The van der Waals surface area contributed by atoms with Gasteiger partial charge in [0.15, 0.2) is 0 Å². The van der Waals surface area contributed by atoms with Crippen LogP contribution in [0.25, 0.3) is 0 Å². The first-order chi connectivity index (χ1) is 26.1. The van der Waals surface area contributed by atoms with E-state index in [2.05, 4.69) is 13.8 Å². The number of ether oxygens (including phenoxy) is 5. The molecule has 0 saturated heterocycles. The Balaban J connectivity index is 1.43. The predicted molar refractivity (Wildman–Crippen MR) is 204 cm³/mol. The van der Waals surface area contributed by atoms with Crippen LogP contribution in [0.2, 0.25) is 0 Å². The van der Waals surface area contributed by atoms with Gasteiger partial charge in [-0.05, 0) is 87.4 Å². The Bertz CT molecular complexity index is 1050. The summed E-state index contributed by atoms with van der Waals surface area (Å²) in [6.07, 6.45) is 21.0. The number of rotatable bonds is 31. The summed E-state index contributed by atoms with van der Waals surface area (Å²) in [5.41, 5.74) is -1.40. The highest BCUT2D eigenvalue weighted by Gasteiger charge is 2.52. The number of aliphatic hydroxyl groups excluding tert-OH is 1. The first-order valence-corrected chi connectivity index (χ1v) is 21.5. The summed E-state index contributed by atoms with van der Waals surface area (Å²) < 4.78 is 27.4.